The number of halogens is 1. The molecule has 0 saturated carbocycles. The number of nitrogens with zero attached hydrogens (tertiary/aromatic N) is 1. The van der Waals surface area contributed by atoms with Crippen LogP contribution in [0.3, 0.4) is 0 Å². The minimum Gasteiger partial charge on any atom is -0.481 e. The maximum Gasteiger partial charge on any atom is 0.305 e. The van der Waals surface area contributed by atoms with E-state index in [1.54, 1.807) is 18.2 Å². The lowest BCUT2D eigenvalue weighted by atomic mass is 9.94. The third-order valence-corrected chi connectivity index (χ3v) is 4.88. The van der Waals surface area contributed by atoms with Gasteiger partial charge in [-0.3, -0.25) is 14.4 Å². The van der Waals surface area contributed by atoms with E-state index in [1.165, 1.54) is 22.9 Å². The minimum absolute atomic E-state index is 0.143. The fourth-order valence-corrected chi connectivity index (χ4v) is 3.29. The normalized spacial score (nSPS) is 19.0. The van der Waals surface area contributed by atoms with Crippen molar-refractivity contribution in [2.75, 3.05) is 13.2 Å². The molecule has 1 saturated heterocycles. The average Bonchev–Trinajstić information content (AvgIpc) is 3.05. The molecular weight excluding hydrogens is 372 g/mol. The van der Waals surface area contributed by atoms with Gasteiger partial charge in [0.2, 0.25) is 0 Å². The first-order chi connectivity index (χ1) is 12.9. The number of aliphatic carboxylic acids is 1. The number of carboxylic acid groups (broad SMARTS) is 1. The second-order valence-corrected chi connectivity index (χ2v) is 6.99. The van der Waals surface area contributed by atoms with Crippen LogP contribution in [0.25, 0.3) is 0 Å². The molecule has 27 heavy (non-hydrogen) atoms. The largest absolute Gasteiger partial charge is 0.481 e. The van der Waals surface area contributed by atoms with Crippen LogP contribution in [-0.2, 0) is 16.1 Å². The van der Waals surface area contributed by atoms with E-state index in [1.807, 2.05) is 6.07 Å². The smallest absolute Gasteiger partial charge is 0.305 e. The molecule has 142 valence electrons. The van der Waals surface area contributed by atoms with Crippen LogP contribution in [-0.4, -0.2) is 40.3 Å². The van der Waals surface area contributed by atoms with Gasteiger partial charge in [-0.25, -0.2) is 0 Å². The van der Waals surface area contributed by atoms with E-state index in [9.17, 15) is 14.4 Å². The highest BCUT2D eigenvalue weighted by atomic mass is 35.5. The Hall–Kier alpha value is -2.64. The number of rotatable bonds is 6. The van der Waals surface area contributed by atoms with Gasteiger partial charge in [0.15, 0.2) is 0 Å². The van der Waals surface area contributed by atoms with Crippen molar-refractivity contribution in [3.05, 3.63) is 69.1 Å². The molecule has 1 atom stereocenters. The number of hydrogen-bond acceptors (Lipinski definition) is 4. The SMILES string of the molecule is O=C(O)CC1(NC(=O)c2ccc(=O)n(Cc3ccccc3Cl)c2)CCOC1. The highest BCUT2D eigenvalue weighted by molar-refractivity contribution is 6.31. The lowest BCUT2D eigenvalue weighted by Gasteiger charge is -2.27. The van der Waals surface area contributed by atoms with Crippen LogP contribution in [0.2, 0.25) is 5.02 Å². The van der Waals surface area contributed by atoms with Crippen LogP contribution in [0.15, 0.2) is 47.4 Å². The van der Waals surface area contributed by atoms with Gasteiger partial charge in [0.05, 0.1) is 30.7 Å². The van der Waals surface area contributed by atoms with E-state index < -0.39 is 17.4 Å². The molecule has 0 bridgehead atoms. The Bertz CT molecular complexity index is 918. The average molecular weight is 391 g/mol. The van der Waals surface area contributed by atoms with Crippen molar-refractivity contribution in [2.24, 2.45) is 0 Å². The summed E-state index contributed by atoms with van der Waals surface area (Å²) < 4.78 is 6.68. The molecule has 0 radical (unpaired) electrons. The Kier molecular flexibility index (Phi) is 5.62. The summed E-state index contributed by atoms with van der Waals surface area (Å²) in [7, 11) is 0. The number of ether oxygens (including phenoxy) is 1. The third-order valence-electron chi connectivity index (χ3n) is 4.52. The van der Waals surface area contributed by atoms with Gasteiger partial charge in [0.1, 0.15) is 0 Å². The van der Waals surface area contributed by atoms with Gasteiger partial charge in [0.25, 0.3) is 11.5 Å². The molecule has 2 N–H and O–H groups in total. The molecule has 1 amide bonds. The van der Waals surface area contributed by atoms with Gasteiger partial charge in [-0.2, -0.15) is 0 Å². The van der Waals surface area contributed by atoms with E-state index in [2.05, 4.69) is 5.32 Å². The van der Waals surface area contributed by atoms with E-state index >= 15 is 0 Å². The molecule has 3 rings (SSSR count). The van der Waals surface area contributed by atoms with E-state index in [4.69, 9.17) is 21.4 Å². The lowest BCUT2D eigenvalue weighted by Crippen LogP contribution is -2.50. The quantitative estimate of drug-likeness (QED) is 0.785. The van der Waals surface area contributed by atoms with Gasteiger partial charge in [0, 0.05) is 23.9 Å². The number of amides is 1. The minimum atomic E-state index is -1.01. The first-order valence-electron chi connectivity index (χ1n) is 8.44. The molecule has 1 aromatic heterocycles. The van der Waals surface area contributed by atoms with E-state index in [0.717, 1.165) is 5.56 Å². The maximum atomic E-state index is 12.7. The predicted octanol–water partition coefficient (Wildman–Crippen LogP) is 1.91. The summed E-state index contributed by atoms with van der Waals surface area (Å²) in [6, 6.07) is 9.88. The number of nitrogens with one attached hydrogen (secondary N) is 1. The van der Waals surface area contributed by atoms with Crippen molar-refractivity contribution in [2.45, 2.75) is 24.9 Å². The summed E-state index contributed by atoms with van der Waals surface area (Å²) in [5.41, 5.74) is -0.188. The summed E-state index contributed by atoms with van der Waals surface area (Å²) in [5, 5.41) is 12.4. The van der Waals surface area contributed by atoms with E-state index in [0.29, 0.717) is 18.1 Å². The summed E-state index contributed by atoms with van der Waals surface area (Å²) in [6.07, 6.45) is 1.65. The number of hydrogen-bond donors (Lipinski definition) is 2. The molecule has 7 nitrogen and oxygen atoms in total. The Morgan fingerprint density at radius 3 is 2.70 bits per heavy atom. The molecule has 0 spiro atoms. The fourth-order valence-electron chi connectivity index (χ4n) is 3.09. The van der Waals surface area contributed by atoms with Crippen molar-refractivity contribution in [3.8, 4) is 0 Å². The zero-order valence-corrected chi connectivity index (χ0v) is 15.2. The second-order valence-electron chi connectivity index (χ2n) is 6.58. The summed E-state index contributed by atoms with van der Waals surface area (Å²) in [4.78, 5) is 36.0. The molecule has 2 heterocycles. The zero-order valence-electron chi connectivity index (χ0n) is 14.5. The fraction of sp³-hybridized carbons (Fsp3) is 0.316. The van der Waals surface area contributed by atoms with Crippen LogP contribution >= 0.6 is 11.6 Å². The molecule has 1 aliphatic rings. The van der Waals surface area contributed by atoms with E-state index in [-0.39, 0.29) is 30.7 Å². The number of carboxylic acids is 1. The number of carbonyl (C=O) groups excluding carboxylic acids is 1. The molecule has 0 aliphatic carbocycles. The van der Waals surface area contributed by atoms with Gasteiger partial charge in [-0.1, -0.05) is 29.8 Å². The first-order valence-corrected chi connectivity index (χ1v) is 8.82. The summed E-state index contributed by atoms with van der Waals surface area (Å²) >= 11 is 6.14. The highest BCUT2D eigenvalue weighted by Crippen LogP contribution is 2.23. The van der Waals surface area contributed by atoms with Crippen LogP contribution < -0.4 is 10.9 Å². The van der Waals surface area contributed by atoms with Crippen LogP contribution in [0.1, 0.15) is 28.8 Å². The van der Waals surface area contributed by atoms with Crippen molar-refractivity contribution in [3.63, 3.8) is 0 Å². The number of benzene rings is 1. The molecule has 1 unspecified atom stereocenters. The van der Waals surface area contributed by atoms with Crippen molar-refractivity contribution >= 4 is 23.5 Å². The first kappa shape index (κ1) is 19.1. The lowest BCUT2D eigenvalue weighted by molar-refractivity contribution is -0.138. The van der Waals surface area contributed by atoms with Crippen molar-refractivity contribution in [1.82, 2.24) is 9.88 Å². The second kappa shape index (κ2) is 7.94. The standard InChI is InChI=1S/C19H19ClN2O5/c20-15-4-2-1-3-13(15)10-22-11-14(5-6-16(22)23)18(26)21-19(9-17(24)25)7-8-27-12-19/h1-6,11H,7-10,12H2,(H,21,26)(H,24,25). The van der Waals surface area contributed by atoms with Crippen LogP contribution in [0.4, 0.5) is 0 Å². The summed E-state index contributed by atoms with van der Waals surface area (Å²) in [5.74, 6) is -1.46. The van der Waals surface area contributed by atoms with Crippen LogP contribution in [0.5, 0.6) is 0 Å². The zero-order chi connectivity index (χ0) is 19.4. The van der Waals surface area contributed by atoms with Crippen molar-refractivity contribution < 1.29 is 19.4 Å². The van der Waals surface area contributed by atoms with Gasteiger partial charge >= 0.3 is 5.97 Å². The Labute approximate surface area is 160 Å². The molecule has 1 aromatic carbocycles. The summed E-state index contributed by atoms with van der Waals surface area (Å²) in [6.45, 7) is 0.757. The monoisotopic (exact) mass is 390 g/mol. The third kappa shape index (κ3) is 4.56. The number of carbonyl (C=O) groups is 2. The Morgan fingerprint density at radius 2 is 2.04 bits per heavy atom. The molecule has 8 heteroatoms. The highest BCUT2D eigenvalue weighted by Gasteiger charge is 2.38. The van der Waals surface area contributed by atoms with Crippen molar-refractivity contribution in [1.29, 1.82) is 0 Å². The topological polar surface area (TPSA) is 97.6 Å². The molecule has 1 aliphatic heterocycles. The molecular formula is C19H19ClN2O5. The Morgan fingerprint density at radius 1 is 1.26 bits per heavy atom. The van der Waals surface area contributed by atoms with Gasteiger partial charge in [-0.05, 0) is 24.1 Å². The number of aromatic nitrogens is 1. The molecule has 1 fully saturated rings. The molecule has 2 aromatic rings. The van der Waals surface area contributed by atoms with Gasteiger partial charge in [-0.15, -0.1) is 0 Å². The predicted molar refractivity (Wildman–Crippen MR) is 99.1 cm³/mol. The Balaban J connectivity index is 1.82. The maximum absolute atomic E-state index is 12.7. The van der Waals surface area contributed by atoms with Crippen LogP contribution in [0, 0.1) is 0 Å². The van der Waals surface area contributed by atoms with Gasteiger partial charge < -0.3 is 19.7 Å². The number of pyridine rings is 1.